The van der Waals surface area contributed by atoms with E-state index in [2.05, 4.69) is 43.3 Å². The minimum Gasteiger partial charge on any atom is -0.350 e. The van der Waals surface area contributed by atoms with Crippen LogP contribution in [-0.2, 0) is 0 Å². The number of halogens is 1. The smallest absolute Gasteiger partial charge is 0.267 e. The van der Waals surface area contributed by atoms with Crippen molar-refractivity contribution in [1.29, 1.82) is 0 Å². The van der Waals surface area contributed by atoms with Gasteiger partial charge < -0.3 is 15.2 Å². The first-order chi connectivity index (χ1) is 11.5. The van der Waals surface area contributed by atoms with E-state index in [-0.39, 0.29) is 11.9 Å². The van der Waals surface area contributed by atoms with Crippen molar-refractivity contribution in [2.45, 2.75) is 6.04 Å². The molecule has 2 aromatic carbocycles. The maximum atomic E-state index is 12.5. The topological polar surface area (TPSA) is 48.1 Å². The van der Waals surface area contributed by atoms with Crippen LogP contribution in [-0.4, -0.2) is 36.4 Å². The third-order valence-electron chi connectivity index (χ3n) is 4.09. The van der Waals surface area contributed by atoms with Crippen LogP contribution in [0.3, 0.4) is 0 Å². The van der Waals surface area contributed by atoms with E-state index in [9.17, 15) is 4.79 Å². The summed E-state index contributed by atoms with van der Waals surface area (Å²) in [5.74, 6) is -0.0925. The molecule has 0 fully saturated rings. The predicted octanol–water partition coefficient (Wildman–Crippen LogP) is 3.96. The van der Waals surface area contributed by atoms with Gasteiger partial charge in [-0.15, -0.1) is 0 Å². The van der Waals surface area contributed by atoms with E-state index in [1.165, 1.54) is 5.56 Å². The summed E-state index contributed by atoms with van der Waals surface area (Å²) >= 11 is 3.44. The highest BCUT2D eigenvalue weighted by atomic mass is 79.9. The molecule has 0 saturated carbocycles. The Labute approximate surface area is 150 Å². The number of fused-ring (bicyclic) bond motifs is 1. The summed E-state index contributed by atoms with van der Waals surface area (Å²) in [5.41, 5.74) is 2.71. The Hall–Kier alpha value is -2.11. The molecule has 1 aromatic heterocycles. The van der Waals surface area contributed by atoms with Crippen molar-refractivity contribution in [2.75, 3.05) is 20.6 Å². The summed E-state index contributed by atoms with van der Waals surface area (Å²) < 4.78 is 0.987. The number of nitrogens with zero attached hydrogens (tertiary/aromatic N) is 1. The lowest BCUT2D eigenvalue weighted by Gasteiger charge is -2.25. The number of hydrogen-bond acceptors (Lipinski definition) is 2. The molecule has 0 aliphatic rings. The van der Waals surface area contributed by atoms with Crippen molar-refractivity contribution in [1.82, 2.24) is 15.2 Å². The fourth-order valence-electron chi connectivity index (χ4n) is 2.78. The van der Waals surface area contributed by atoms with Crippen LogP contribution in [0.5, 0.6) is 0 Å². The zero-order valence-electron chi connectivity index (χ0n) is 13.7. The van der Waals surface area contributed by atoms with E-state index >= 15 is 0 Å². The van der Waals surface area contributed by atoms with Crippen molar-refractivity contribution in [2.24, 2.45) is 0 Å². The van der Waals surface area contributed by atoms with Crippen LogP contribution in [0.15, 0.2) is 59.1 Å². The number of rotatable bonds is 5. The molecule has 1 unspecified atom stereocenters. The van der Waals surface area contributed by atoms with Crippen molar-refractivity contribution in [3.8, 4) is 0 Å². The summed E-state index contributed by atoms with van der Waals surface area (Å²) in [5, 5.41) is 4.05. The highest BCUT2D eigenvalue weighted by Crippen LogP contribution is 2.21. The number of benzene rings is 2. The molecular formula is C19H20BrN3O. The van der Waals surface area contributed by atoms with Gasteiger partial charge in [0.1, 0.15) is 5.69 Å². The second-order valence-corrected chi connectivity index (χ2v) is 6.93. The van der Waals surface area contributed by atoms with E-state index in [4.69, 9.17) is 0 Å². The number of amides is 1. The molecular weight excluding hydrogens is 366 g/mol. The highest BCUT2D eigenvalue weighted by Gasteiger charge is 2.16. The van der Waals surface area contributed by atoms with E-state index in [0.717, 1.165) is 15.4 Å². The molecule has 2 N–H and O–H groups in total. The van der Waals surface area contributed by atoms with Gasteiger partial charge in [-0.25, -0.2) is 0 Å². The summed E-state index contributed by atoms with van der Waals surface area (Å²) in [6.45, 7) is 0.551. The van der Waals surface area contributed by atoms with Crippen LogP contribution in [0.4, 0.5) is 0 Å². The summed E-state index contributed by atoms with van der Waals surface area (Å²) in [6, 6.07) is 18.1. The molecule has 0 bridgehead atoms. The Morgan fingerprint density at radius 3 is 2.62 bits per heavy atom. The van der Waals surface area contributed by atoms with Gasteiger partial charge in [-0.3, -0.25) is 4.79 Å². The van der Waals surface area contributed by atoms with E-state index in [1.54, 1.807) is 0 Å². The summed E-state index contributed by atoms with van der Waals surface area (Å²) in [7, 11) is 4.04. The average molecular weight is 386 g/mol. The van der Waals surface area contributed by atoms with Crippen LogP contribution in [0.1, 0.15) is 22.1 Å². The molecule has 3 rings (SSSR count). The van der Waals surface area contributed by atoms with E-state index in [0.29, 0.717) is 12.2 Å². The van der Waals surface area contributed by atoms with E-state index < -0.39 is 0 Å². The molecule has 5 heteroatoms. The molecule has 4 nitrogen and oxygen atoms in total. The van der Waals surface area contributed by atoms with Crippen LogP contribution in [0.2, 0.25) is 0 Å². The lowest BCUT2D eigenvalue weighted by molar-refractivity contribution is 0.0937. The first kappa shape index (κ1) is 16.7. The number of carbonyl (C=O) groups is 1. The number of hydrogen-bond donors (Lipinski definition) is 2. The number of aromatic nitrogens is 1. The van der Waals surface area contributed by atoms with Crippen LogP contribution < -0.4 is 5.32 Å². The zero-order valence-corrected chi connectivity index (χ0v) is 15.3. The van der Waals surface area contributed by atoms with Gasteiger partial charge in [0.15, 0.2) is 0 Å². The minimum atomic E-state index is -0.0925. The molecule has 1 amide bonds. The van der Waals surface area contributed by atoms with Crippen LogP contribution >= 0.6 is 15.9 Å². The molecule has 0 radical (unpaired) electrons. The zero-order chi connectivity index (χ0) is 17.1. The fraction of sp³-hybridized carbons (Fsp3) is 0.211. The Kier molecular flexibility index (Phi) is 5.02. The third-order valence-corrected chi connectivity index (χ3v) is 4.59. The lowest BCUT2D eigenvalue weighted by Crippen LogP contribution is -2.34. The van der Waals surface area contributed by atoms with E-state index in [1.807, 2.05) is 56.6 Å². The van der Waals surface area contributed by atoms with Crippen molar-refractivity contribution in [3.63, 3.8) is 0 Å². The van der Waals surface area contributed by atoms with Gasteiger partial charge in [0.25, 0.3) is 5.91 Å². The Morgan fingerprint density at radius 1 is 1.17 bits per heavy atom. The summed E-state index contributed by atoms with van der Waals surface area (Å²) in [6.07, 6.45) is 0. The molecule has 0 aliphatic heterocycles. The number of aromatic amines is 1. The maximum Gasteiger partial charge on any atom is 0.267 e. The molecule has 0 spiro atoms. The molecule has 124 valence electrons. The van der Waals surface area contributed by atoms with Crippen molar-refractivity contribution in [3.05, 3.63) is 70.3 Å². The quantitative estimate of drug-likeness (QED) is 0.697. The Bertz CT molecular complexity index is 842. The molecule has 0 aliphatic carbocycles. The molecule has 1 atom stereocenters. The predicted molar refractivity (Wildman–Crippen MR) is 101 cm³/mol. The molecule has 0 saturated heterocycles. The van der Waals surface area contributed by atoms with Crippen molar-refractivity contribution < 1.29 is 4.79 Å². The fourth-order valence-corrected chi connectivity index (χ4v) is 3.14. The highest BCUT2D eigenvalue weighted by molar-refractivity contribution is 9.10. The monoisotopic (exact) mass is 385 g/mol. The minimum absolute atomic E-state index is 0.0925. The number of carbonyl (C=O) groups excluding carboxylic acids is 1. The second-order valence-electron chi connectivity index (χ2n) is 6.01. The maximum absolute atomic E-state index is 12.5. The Morgan fingerprint density at radius 2 is 1.92 bits per heavy atom. The van der Waals surface area contributed by atoms with Gasteiger partial charge in [-0.1, -0.05) is 52.3 Å². The lowest BCUT2D eigenvalue weighted by atomic mass is 10.1. The second kappa shape index (κ2) is 7.20. The Balaban J connectivity index is 1.73. The van der Waals surface area contributed by atoms with Gasteiger partial charge in [-0.05, 0) is 37.9 Å². The van der Waals surface area contributed by atoms with Gasteiger partial charge in [0.2, 0.25) is 0 Å². The molecule has 1 heterocycles. The third kappa shape index (κ3) is 3.68. The molecule has 24 heavy (non-hydrogen) atoms. The van der Waals surface area contributed by atoms with Gasteiger partial charge in [-0.2, -0.15) is 0 Å². The van der Waals surface area contributed by atoms with Gasteiger partial charge >= 0.3 is 0 Å². The number of nitrogens with one attached hydrogen (secondary N) is 2. The van der Waals surface area contributed by atoms with Crippen LogP contribution in [0, 0.1) is 0 Å². The SMILES string of the molecule is CN(C)C(CNC(=O)c1cc2ccc(Br)cc2[nH]1)c1ccccc1. The first-order valence-corrected chi connectivity index (χ1v) is 8.62. The van der Waals surface area contributed by atoms with Crippen LogP contribution in [0.25, 0.3) is 10.9 Å². The number of likely N-dealkylation sites (N-methyl/N-ethyl adjacent to an activating group) is 1. The number of H-pyrrole nitrogens is 1. The van der Waals surface area contributed by atoms with Crippen molar-refractivity contribution >= 4 is 32.7 Å². The summed E-state index contributed by atoms with van der Waals surface area (Å²) in [4.78, 5) is 17.8. The molecule has 3 aromatic rings. The standard InChI is InChI=1S/C19H20BrN3O/c1-23(2)18(13-6-4-3-5-7-13)12-21-19(24)17-10-14-8-9-15(20)11-16(14)22-17/h3-11,18,22H,12H2,1-2H3,(H,21,24). The largest absolute Gasteiger partial charge is 0.350 e. The average Bonchev–Trinajstić information content (AvgIpc) is 2.98. The van der Waals surface area contributed by atoms with Gasteiger partial charge in [0, 0.05) is 21.9 Å². The van der Waals surface area contributed by atoms with Gasteiger partial charge in [0.05, 0.1) is 6.04 Å². The first-order valence-electron chi connectivity index (χ1n) is 7.82. The normalized spacial score (nSPS) is 12.5.